The average Bonchev–Trinajstić information content (AvgIpc) is 2.04. The van der Waals surface area contributed by atoms with Gasteiger partial charge in [-0.2, -0.15) is 0 Å². The van der Waals surface area contributed by atoms with Crippen LogP contribution in [0.2, 0.25) is 0 Å². The van der Waals surface area contributed by atoms with Crippen LogP contribution in [0.3, 0.4) is 0 Å². The van der Waals surface area contributed by atoms with E-state index in [9.17, 15) is 17.6 Å². The zero-order valence-corrected chi connectivity index (χ0v) is 7.99. The molecular weight excluding hydrogens is 272 g/mol. The minimum absolute atomic E-state index is 0.369. The number of aromatic nitrogens is 1. The standard InChI is InChI=1S/C6H3BrF4N2O/c7-3-4(8)2(12)1-13-5(3)14-6(9,10)11/h1H,12H2. The normalized spacial score (nSPS) is 11.5. The average molecular weight is 275 g/mol. The highest BCUT2D eigenvalue weighted by atomic mass is 79.9. The molecule has 0 fully saturated rings. The third kappa shape index (κ3) is 2.47. The Bertz CT molecular complexity index is 354. The summed E-state index contributed by atoms with van der Waals surface area (Å²) in [5.41, 5.74) is 4.68. The number of alkyl halides is 3. The number of nitrogen functional groups attached to an aromatic ring is 1. The molecule has 0 saturated carbocycles. The second-order valence-corrected chi connectivity index (χ2v) is 2.99. The highest BCUT2D eigenvalue weighted by molar-refractivity contribution is 9.10. The second-order valence-electron chi connectivity index (χ2n) is 2.19. The van der Waals surface area contributed by atoms with Gasteiger partial charge in [0.1, 0.15) is 4.47 Å². The molecule has 1 aromatic heterocycles. The van der Waals surface area contributed by atoms with Crippen LogP contribution in [0.4, 0.5) is 23.2 Å². The fourth-order valence-electron chi connectivity index (χ4n) is 0.643. The van der Waals surface area contributed by atoms with E-state index in [4.69, 9.17) is 5.73 Å². The molecule has 0 aromatic carbocycles. The number of hydrogen-bond acceptors (Lipinski definition) is 3. The molecule has 0 spiro atoms. The number of nitrogens with zero attached hydrogens (tertiary/aromatic N) is 1. The van der Waals surface area contributed by atoms with Crippen LogP contribution in [-0.4, -0.2) is 11.3 Å². The summed E-state index contributed by atoms with van der Waals surface area (Å²) in [7, 11) is 0. The first kappa shape index (κ1) is 11.0. The molecule has 3 nitrogen and oxygen atoms in total. The van der Waals surface area contributed by atoms with Crippen LogP contribution in [0, 0.1) is 5.82 Å². The van der Waals surface area contributed by atoms with Crippen molar-refractivity contribution < 1.29 is 22.3 Å². The van der Waals surface area contributed by atoms with E-state index in [0.29, 0.717) is 0 Å². The van der Waals surface area contributed by atoms with Crippen molar-refractivity contribution in [2.24, 2.45) is 0 Å². The van der Waals surface area contributed by atoms with Gasteiger partial charge in [0, 0.05) is 0 Å². The number of hydrogen-bond donors (Lipinski definition) is 1. The predicted molar refractivity (Wildman–Crippen MR) is 43.0 cm³/mol. The van der Waals surface area contributed by atoms with Crippen molar-refractivity contribution in [3.05, 3.63) is 16.5 Å². The van der Waals surface area contributed by atoms with E-state index in [1.807, 2.05) is 0 Å². The van der Waals surface area contributed by atoms with Crippen LogP contribution in [0.5, 0.6) is 5.88 Å². The molecule has 0 amide bonds. The van der Waals surface area contributed by atoms with Gasteiger partial charge in [-0.25, -0.2) is 9.37 Å². The fraction of sp³-hybridized carbons (Fsp3) is 0.167. The van der Waals surface area contributed by atoms with Crippen molar-refractivity contribution in [3.8, 4) is 5.88 Å². The van der Waals surface area contributed by atoms with Gasteiger partial charge in [0.25, 0.3) is 0 Å². The topological polar surface area (TPSA) is 48.1 Å². The van der Waals surface area contributed by atoms with Gasteiger partial charge in [-0.1, -0.05) is 0 Å². The van der Waals surface area contributed by atoms with Crippen molar-refractivity contribution in [2.75, 3.05) is 5.73 Å². The SMILES string of the molecule is Nc1cnc(OC(F)(F)F)c(Br)c1F. The summed E-state index contributed by atoms with van der Waals surface area (Å²) in [5, 5.41) is 0. The van der Waals surface area contributed by atoms with Crippen LogP contribution >= 0.6 is 15.9 Å². The van der Waals surface area contributed by atoms with Crippen LogP contribution in [0.25, 0.3) is 0 Å². The Kier molecular flexibility index (Phi) is 2.84. The zero-order valence-electron chi connectivity index (χ0n) is 6.40. The molecule has 1 heterocycles. The van der Waals surface area contributed by atoms with Gasteiger partial charge in [0.15, 0.2) is 5.82 Å². The zero-order chi connectivity index (χ0) is 10.9. The van der Waals surface area contributed by atoms with E-state index in [1.165, 1.54) is 0 Å². The molecule has 0 atom stereocenters. The Hall–Kier alpha value is -1.05. The summed E-state index contributed by atoms with van der Waals surface area (Å²) >= 11 is 2.54. The third-order valence-corrected chi connectivity index (χ3v) is 1.85. The van der Waals surface area contributed by atoms with Gasteiger partial charge in [-0.05, 0) is 15.9 Å². The van der Waals surface area contributed by atoms with E-state index in [2.05, 4.69) is 25.7 Å². The molecule has 8 heteroatoms. The summed E-state index contributed by atoms with van der Waals surface area (Å²) in [6.45, 7) is 0. The Balaban J connectivity index is 3.06. The lowest BCUT2D eigenvalue weighted by molar-refractivity contribution is -0.276. The fourth-order valence-corrected chi connectivity index (χ4v) is 1.06. The number of pyridine rings is 1. The monoisotopic (exact) mass is 274 g/mol. The van der Waals surface area contributed by atoms with Crippen molar-refractivity contribution in [3.63, 3.8) is 0 Å². The Morgan fingerprint density at radius 3 is 2.50 bits per heavy atom. The largest absolute Gasteiger partial charge is 0.574 e. The summed E-state index contributed by atoms with van der Waals surface area (Å²) < 4.78 is 50.9. The van der Waals surface area contributed by atoms with E-state index in [1.54, 1.807) is 0 Å². The van der Waals surface area contributed by atoms with Crippen molar-refractivity contribution >= 4 is 21.6 Å². The maximum Gasteiger partial charge on any atom is 0.574 e. The lowest BCUT2D eigenvalue weighted by atomic mass is 10.4. The summed E-state index contributed by atoms with van der Waals surface area (Å²) in [5.74, 6) is -1.96. The molecule has 0 saturated heterocycles. The van der Waals surface area contributed by atoms with Crippen LogP contribution in [-0.2, 0) is 0 Å². The van der Waals surface area contributed by atoms with E-state index < -0.39 is 22.5 Å². The molecule has 14 heavy (non-hydrogen) atoms. The lowest BCUT2D eigenvalue weighted by Crippen LogP contribution is -2.18. The van der Waals surface area contributed by atoms with Gasteiger partial charge < -0.3 is 10.5 Å². The number of nitrogens with two attached hydrogens (primary N) is 1. The lowest BCUT2D eigenvalue weighted by Gasteiger charge is -2.09. The summed E-state index contributed by atoms with van der Waals surface area (Å²) in [4.78, 5) is 3.17. The van der Waals surface area contributed by atoms with E-state index >= 15 is 0 Å². The Labute approximate surface area is 84.0 Å². The second kappa shape index (κ2) is 3.60. The van der Waals surface area contributed by atoms with E-state index in [-0.39, 0.29) is 5.69 Å². The molecular formula is C6H3BrF4N2O. The molecule has 0 bridgehead atoms. The first-order valence-corrected chi connectivity index (χ1v) is 3.96. The summed E-state index contributed by atoms with van der Waals surface area (Å²) in [6.07, 6.45) is -4.18. The first-order valence-electron chi connectivity index (χ1n) is 3.16. The number of rotatable bonds is 1. The van der Waals surface area contributed by atoms with Gasteiger partial charge in [-0.3, -0.25) is 0 Å². The maximum atomic E-state index is 12.9. The van der Waals surface area contributed by atoms with Crippen LogP contribution < -0.4 is 10.5 Å². The molecule has 1 aromatic rings. The smallest absolute Gasteiger partial charge is 0.395 e. The molecule has 0 aliphatic carbocycles. The Morgan fingerprint density at radius 1 is 1.43 bits per heavy atom. The van der Waals surface area contributed by atoms with Gasteiger partial charge in [0.2, 0.25) is 5.88 Å². The molecule has 78 valence electrons. The molecule has 1 rings (SSSR count). The van der Waals surface area contributed by atoms with Crippen molar-refractivity contribution in [2.45, 2.75) is 6.36 Å². The van der Waals surface area contributed by atoms with Gasteiger partial charge in [-0.15, -0.1) is 13.2 Å². The van der Waals surface area contributed by atoms with Gasteiger partial charge >= 0.3 is 6.36 Å². The van der Waals surface area contributed by atoms with E-state index in [0.717, 1.165) is 6.20 Å². The highest BCUT2D eigenvalue weighted by Gasteiger charge is 2.33. The molecule has 2 N–H and O–H groups in total. The quantitative estimate of drug-likeness (QED) is 0.801. The van der Waals surface area contributed by atoms with Gasteiger partial charge in [0.05, 0.1) is 11.9 Å². The first-order chi connectivity index (χ1) is 6.31. The molecule has 0 aliphatic rings. The molecule has 0 radical (unpaired) electrons. The highest BCUT2D eigenvalue weighted by Crippen LogP contribution is 2.32. The molecule has 0 unspecified atom stereocenters. The van der Waals surface area contributed by atoms with Crippen molar-refractivity contribution in [1.82, 2.24) is 4.98 Å². The minimum atomic E-state index is -4.92. The minimum Gasteiger partial charge on any atom is -0.395 e. The third-order valence-electron chi connectivity index (χ3n) is 1.17. The van der Waals surface area contributed by atoms with Crippen LogP contribution in [0.15, 0.2) is 10.7 Å². The number of halogens is 5. The summed E-state index contributed by atoms with van der Waals surface area (Å²) in [6, 6.07) is 0. The number of ether oxygens (including phenoxy) is 1. The maximum absolute atomic E-state index is 12.9. The Morgan fingerprint density at radius 2 is 2.00 bits per heavy atom. The van der Waals surface area contributed by atoms with Crippen molar-refractivity contribution in [1.29, 1.82) is 0 Å². The predicted octanol–water partition coefficient (Wildman–Crippen LogP) is 2.46. The van der Waals surface area contributed by atoms with Crippen LogP contribution in [0.1, 0.15) is 0 Å². The molecule has 0 aliphatic heterocycles. The number of anilines is 1.